The van der Waals surface area contributed by atoms with Crippen LogP contribution >= 0.6 is 22.9 Å². The van der Waals surface area contributed by atoms with Gasteiger partial charge in [0.2, 0.25) is 0 Å². The van der Waals surface area contributed by atoms with Crippen LogP contribution in [0.2, 0.25) is 5.02 Å². The summed E-state index contributed by atoms with van der Waals surface area (Å²) in [4.78, 5) is 29.8. The minimum Gasteiger partial charge on any atom is -0.321 e. The van der Waals surface area contributed by atoms with Gasteiger partial charge in [0, 0.05) is 16.3 Å². The molecular formula is C22H22ClN3O2S. The first-order chi connectivity index (χ1) is 13.6. The van der Waals surface area contributed by atoms with Crippen molar-refractivity contribution in [3.63, 3.8) is 0 Å². The van der Waals surface area contributed by atoms with Crippen LogP contribution < -0.4 is 10.6 Å². The van der Waals surface area contributed by atoms with Crippen LogP contribution in [0.4, 0.5) is 10.8 Å². The Kier molecular flexibility index (Phi) is 6.05. The lowest BCUT2D eigenvalue weighted by Gasteiger charge is -2.18. The summed E-state index contributed by atoms with van der Waals surface area (Å²) in [5.74, 6) is -0.541. The molecule has 0 bridgehead atoms. The molecule has 0 radical (unpaired) electrons. The van der Waals surface area contributed by atoms with Crippen LogP contribution in [-0.2, 0) is 5.41 Å². The molecule has 0 fully saturated rings. The third kappa shape index (κ3) is 5.22. The number of rotatable bonds is 4. The molecule has 3 rings (SSSR count). The van der Waals surface area contributed by atoms with Gasteiger partial charge in [-0.05, 0) is 54.3 Å². The van der Waals surface area contributed by atoms with Crippen molar-refractivity contribution in [1.29, 1.82) is 0 Å². The van der Waals surface area contributed by atoms with Gasteiger partial charge in [-0.25, -0.2) is 4.98 Å². The highest BCUT2D eigenvalue weighted by Gasteiger charge is 2.18. The van der Waals surface area contributed by atoms with Gasteiger partial charge in [-0.2, -0.15) is 0 Å². The summed E-state index contributed by atoms with van der Waals surface area (Å²) in [5.41, 5.74) is 2.91. The van der Waals surface area contributed by atoms with E-state index in [1.54, 1.807) is 43.3 Å². The standard InChI is InChI=1S/C22H22ClN3O2S/c1-13-18(20(28)25-17-11-9-16(23)10-12-17)29-21(24-13)26-19(27)14-5-7-15(8-6-14)22(2,3)4/h5-12H,1-4H3,(H,25,28)(H,24,26,27). The summed E-state index contributed by atoms with van der Waals surface area (Å²) < 4.78 is 0. The molecule has 0 aliphatic heterocycles. The van der Waals surface area contributed by atoms with E-state index in [1.165, 1.54) is 0 Å². The van der Waals surface area contributed by atoms with E-state index in [2.05, 4.69) is 36.4 Å². The first-order valence-corrected chi connectivity index (χ1v) is 10.3. The van der Waals surface area contributed by atoms with Crippen molar-refractivity contribution in [2.24, 2.45) is 0 Å². The number of benzene rings is 2. The minimum atomic E-state index is -0.280. The van der Waals surface area contributed by atoms with E-state index in [0.717, 1.165) is 16.9 Å². The van der Waals surface area contributed by atoms with Crippen molar-refractivity contribution in [2.45, 2.75) is 33.1 Å². The maximum absolute atomic E-state index is 12.5. The van der Waals surface area contributed by atoms with Gasteiger partial charge in [0.05, 0.1) is 5.69 Å². The predicted octanol–water partition coefficient (Wildman–Crippen LogP) is 5.91. The monoisotopic (exact) mass is 427 g/mol. The van der Waals surface area contributed by atoms with Crippen molar-refractivity contribution in [3.8, 4) is 0 Å². The van der Waals surface area contributed by atoms with Gasteiger partial charge in [0.1, 0.15) is 4.88 Å². The molecule has 5 nitrogen and oxygen atoms in total. The first-order valence-electron chi connectivity index (χ1n) is 9.10. The second-order valence-corrected chi connectivity index (χ2v) is 9.11. The van der Waals surface area contributed by atoms with E-state index in [0.29, 0.717) is 32.0 Å². The predicted molar refractivity (Wildman–Crippen MR) is 119 cm³/mol. The third-order valence-corrected chi connectivity index (χ3v) is 5.66. The highest BCUT2D eigenvalue weighted by molar-refractivity contribution is 7.17. The molecule has 1 aromatic heterocycles. The fraction of sp³-hybridized carbons (Fsp3) is 0.227. The average molecular weight is 428 g/mol. The number of nitrogens with one attached hydrogen (secondary N) is 2. The number of hydrogen-bond acceptors (Lipinski definition) is 4. The number of carbonyl (C=O) groups is 2. The smallest absolute Gasteiger partial charge is 0.267 e. The summed E-state index contributed by atoms with van der Waals surface area (Å²) in [5, 5.41) is 6.56. The second kappa shape index (κ2) is 8.35. The molecule has 29 heavy (non-hydrogen) atoms. The molecule has 0 saturated carbocycles. The van der Waals surface area contributed by atoms with Crippen LogP contribution in [0.25, 0.3) is 0 Å². The number of thiazole rings is 1. The molecule has 2 aromatic carbocycles. The minimum absolute atomic E-state index is 0.0216. The molecule has 1 heterocycles. The maximum Gasteiger partial charge on any atom is 0.267 e. The summed E-state index contributed by atoms with van der Waals surface area (Å²) in [6, 6.07) is 14.3. The molecular weight excluding hydrogens is 406 g/mol. The lowest BCUT2D eigenvalue weighted by molar-refractivity contribution is 0.102. The van der Waals surface area contributed by atoms with Crippen molar-refractivity contribution in [1.82, 2.24) is 4.98 Å². The van der Waals surface area contributed by atoms with Gasteiger partial charge in [0.25, 0.3) is 11.8 Å². The number of aryl methyl sites for hydroxylation is 1. The van der Waals surface area contributed by atoms with E-state index < -0.39 is 0 Å². The fourth-order valence-electron chi connectivity index (χ4n) is 2.67. The summed E-state index contributed by atoms with van der Waals surface area (Å²) in [6.45, 7) is 8.10. The van der Waals surface area contributed by atoms with E-state index in [9.17, 15) is 9.59 Å². The molecule has 0 atom stereocenters. The number of anilines is 2. The first kappa shape index (κ1) is 21.0. The average Bonchev–Trinajstić information content (AvgIpc) is 3.03. The van der Waals surface area contributed by atoms with Gasteiger partial charge >= 0.3 is 0 Å². The SMILES string of the molecule is Cc1nc(NC(=O)c2ccc(C(C)(C)C)cc2)sc1C(=O)Nc1ccc(Cl)cc1. The number of nitrogens with zero attached hydrogens (tertiary/aromatic N) is 1. The van der Waals surface area contributed by atoms with Crippen molar-refractivity contribution < 1.29 is 9.59 Å². The molecule has 2 amide bonds. The van der Waals surface area contributed by atoms with E-state index in [4.69, 9.17) is 11.6 Å². The van der Waals surface area contributed by atoms with Crippen LogP contribution in [0, 0.1) is 6.92 Å². The Morgan fingerprint density at radius 1 is 0.931 bits per heavy atom. The maximum atomic E-state index is 12.5. The van der Waals surface area contributed by atoms with Crippen molar-refractivity contribution >= 4 is 45.6 Å². The van der Waals surface area contributed by atoms with Crippen LogP contribution in [-0.4, -0.2) is 16.8 Å². The van der Waals surface area contributed by atoms with Gasteiger partial charge in [0.15, 0.2) is 5.13 Å². The normalized spacial score (nSPS) is 11.2. The summed E-state index contributed by atoms with van der Waals surface area (Å²) in [6.07, 6.45) is 0. The topological polar surface area (TPSA) is 71.1 Å². The van der Waals surface area contributed by atoms with Gasteiger partial charge in [-0.3, -0.25) is 14.9 Å². The fourth-order valence-corrected chi connectivity index (χ4v) is 3.66. The highest BCUT2D eigenvalue weighted by Crippen LogP contribution is 2.26. The molecule has 150 valence electrons. The van der Waals surface area contributed by atoms with Crippen LogP contribution in [0.5, 0.6) is 0 Å². The lowest BCUT2D eigenvalue weighted by Crippen LogP contribution is -2.14. The Balaban J connectivity index is 1.70. The van der Waals surface area contributed by atoms with Gasteiger partial charge in [-0.15, -0.1) is 0 Å². The molecule has 2 N–H and O–H groups in total. The van der Waals surface area contributed by atoms with Gasteiger partial charge < -0.3 is 5.32 Å². The Morgan fingerprint density at radius 2 is 1.55 bits per heavy atom. The number of carbonyl (C=O) groups excluding carboxylic acids is 2. The van der Waals surface area contributed by atoms with Crippen LogP contribution in [0.15, 0.2) is 48.5 Å². The molecule has 0 aliphatic carbocycles. The number of hydrogen-bond donors (Lipinski definition) is 2. The zero-order valence-corrected chi connectivity index (χ0v) is 18.2. The second-order valence-electron chi connectivity index (χ2n) is 7.68. The van der Waals surface area contributed by atoms with Crippen LogP contribution in [0.3, 0.4) is 0 Å². The largest absolute Gasteiger partial charge is 0.321 e. The van der Waals surface area contributed by atoms with E-state index in [1.807, 2.05) is 12.1 Å². The molecule has 0 aliphatic rings. The number of amides is 2. The molecule has 3 aromatic rings. The number of aromatic nitrogens is 1. The van der Waals surface area contributed by atoms with Crippen molar-refractivity contribution in [3.05, 3.63) is 75.3 Å². The molecule has 0 unspecified atom stereocenters. The Hall–Kier alpha value is -2.70. The van der Waals surface area contributed by atoms with E-state index in [-0.39, 0.29) is 17.2 Å². The zero-order valence-electron chi connectivity index (χ0n) is 16.7. The van der Waals surface area contributed by atoms with Gasteiger partial charge in [-0.1, -0.05) is 55.8 Å². The summed E-state index contributed by atoms with van der Waals surface area (Å²) in [7, 11) is 0. The third-order valence-electron chi connectivity index (χ3n) is 4.34. The highest BCUT2D eigenvalue weighted by atomic mass is 35.5. The lowest BCUT2D eigenvalue weighted by atomic mass is 9.87. The van der Waals surface area contributed by atoms with Crippen LogP contribution in [0.1, 0.15) is 52.1 Å². The summed E-state index contributed by atoms with van der Waals surface area (Å²) >= 11 is 7.00. The number of halogens is 1. The Labute approximate surface area is 179 Å². The molecule has 0 spiro atoms. The zero-order chi connectivity index (χ0) is 21.2. The molecule has 0 saturated heterocycles. The van der Waals surface area contributed by atoms with E-state index >= 15 is 0 Å². The molecule has 7 heteroatoms. The Bertz CT molecular complexity index is 1040. The Morgan fingerprint density at radius 3 is 2.14 bits per heavy atom. The van der Waals surface area contributed by atoms with Crippen molar-refractivity contribution in [2.75, 3.05) is 10.6 Å². The quantitative estimate of drug-likeness (QED) is 0.543.